The molecule has 0 aliphatic heterocycles. The molecule has 0 heterocycles. The molecule has 2 amide bonds. The van der Waals surface area contributed by atoms with E-state index in [0.29, 0.717) is 23.6 Å². The number of benzene rings is 2. The number of carbonyl (C=O) groups is 3. The van der Waals surface area contributed by atoms with Crippen LogP contribution in [0.25, 0.3) is 0 Å². The third-order valence-electron chi connectivity index (χ3n) is 3.32. The number of amides is 2. The van der Waals surface area contributed by atoms with Crippen LogP contribution in [0.1, 0.15) is 17.3 Å². The van der Waals surface area contributed by atoms with Gasteiger partial charge in [0.25, 0.3) is 11.8 Å². The second kappa shape index (κ2) is 9.91. The maximum atomic E-state index is 12.8. The van der Waals surface area contributed by atoms with Crippen molar-refractivity contribution < 1.29 is 28.2 Å². The van der Waals surface area contributed by atoms with Crippen molar-refractivity contribution in [2.24, 2.45) is 0 Å². The Morgan fingerprint density at radius 1 is 1.04 bits per heavy atom. The molecule has 27 heavy (non-hydrogen) atoms. The van der Waals surface area contributed by atoms with Crippen LogP contribution in [-0.2, 0) is 14.3 Å². The first-order chi connectivity index (χ1) is 13.0. The lowest BCUT2D eigenvalue weighted by Gasteiger charge is -2.10. The molecule has 2 aromatic rings. The highest BCUT2D eigenvalue weighted by Crippen LogP contribution is 2.17. The molecule has 0 bridgehead atoms. The predicted molar refractivity (Wildman–Crippen MR) is 95.9 cm³/mol. The van der Waals surface area contributed by atoms with Crippen molar-refractivity contribution in [3.05, 3.63) is 59.9 Å². The van der Waals surface area contributed by atoms with Gasteiger partial charge in [-0.15, -0.1) is 0 Å². The number of carbonyl (C=O) groups excluding carboxylic acids is 3. The highest BCUT2D eigenvalue weighted by Gasteiger charge is 2.14. The maximum absolute atomic E-state index is 12.8. The van der Waals surface area contributed by atoms with E-state index in [1.165, 1.54) is 24.3 Å². The number of halogens is 1. The largest absolute Gasteiger partial charge is 0.493 e. The number of nitrogens with one attached hydrogen (secondary N) is 2. The molecule has 0 aliphatic carbocycles. The van der Waals surface area contributed by atoms with Crippen LogP contribution in [0.3, 0.4) is 0 Å². The Kier molecular flexibility index (Phi) is 7.30. The molecular formula is C19H19FN2O5. The lowest BCUT2D eigenvalue weighted by molar-refractivity contribution is -0.146. The Bertz CT molecular complexity index is 808. The van der Waals surface area contributed by atoms with Gasteiger partial charge in [0.1, 0.15) is 18.1 Å². The van der Waals surface area contributed by atoms with Crippen LogP contribution in [0.5, 0.6) is 5.75 Å². The number of hydrogen-bond acceptors (Lipinski definition) is 5. The SMILES string of the molecule is CCOc1ccccc1C(=O)NCC(=O)OCC(=O)Nc1ccc(F)cc1. The third-order valence-corrected chi connectivity index (χ3v) is 3.32. The summed E-state index contributed by atoms with van der Waals surface area (Å²) in [7, 11) is 0. The number of ether oxygens (including phenoxy) is 2. The molecule has 0 aliphatic rings. The molecule has 0 unspecified atom stereocenters. The van der Waals surface area contributed by atoms with Crippen molar-refractivity contribution in [1.82, 2.24) is 5.32 Å². The average Bonchev–Trinajstić information content (AvgIpc) is 2.67. The van der Waals surface area contributed by atoms with Crippen molar-refractivity contribution in [2.45, 2.75) is 6.92 Å². The molecule has 0 saturated carbocycles. The fraction of sp³-hybridized carbons (Fsp3) is 0.211. The van der Waals surface area contributed by atoms with E-state index in [4.69, 9.17) is 9.47 Å². The van der Waals surface area contributed by atoms with Crippen molar-refractivity contribution in [1.29, 1.82) is 0 Å². The summed E-state index contributed by atoms with van der Waals surface area (Å²) in [4.78, 5) is 35.5. The minimum absolute atomic E-state index is 0.293. The smallest absolute Gasteiger partial charge is 0.325 e. The molecule has 7 nitrogen and oxygen atoms in total. The number of hydrogen-bond donors (Lipinski definition) is 2. The summed E-state index contributed by atoms with van der Waals surface area (Å²) in [6.45, 7) is 1.27. The van der Waals surface area contributed by atoms with E-state index >= 15 is 0 Å². The molecule has 0 fully saturated rings. The first kappa shape index (κ1) is 19.9. The molecule has 8 heteroatoms. The third kappa shape index (κ3) is 6.43. The second-order valence-corrected chi connectivity index (χ2v) is 5.33. The fourth-order valence-corrected chi connectivity index (χ4v) is 2.11. The molecule has 0 spiro atoms. The number of anilines is 1. The molecular weight excluding hydrogens is 355 g/mol. The number of rotatable bonds is 8. The maximum Gasteiger partial charge on any atom is 0.325 e. The van der Waals surface area contributed by atoms with Crippen molar-refractivity contribution in [2.75, 3.05) is 25.1 Å². The summed E-state index contributed by atoms with van der Waals surface area (Å²) in [6.07, 6.45) is 0. The topological polar surface area (TPSA) is 93.7 Å². The van der Waals surface area contributed by atoms with E-state index in [0.717, 1.165) is 0 Å². The van der Waals surface area contributed by atoms with E-state index in [9.17, 15) is 18.8 Å². The minimum Gasteiger partial charge on any atom is -0.493 e. The van der Waals surface area contributed by atoms with Gasteiger partial charge in [0.2, 0.25) is 0 Å². The van der Waals surface area contributed by atoms with E-state index in [1.807, 2.05) is 0 Å². The molecule has 0 atom stereocenters. The van der Waals surface area contributed by atoms with E-state index in [1.54, 1.807) is 31.2 Å². The lowest BCUT2D eigenvalue weighted by Crippen LogP contribution is -2.32. The molecule has 2 rings (SSSR count). The van der Waals surface area contributed by atoms with Gasteiger partial charge in [0.05, 0.1) is 12.2 Å². The normalized spacial score (nSPS) is 10.0. The zero-order chi connectivity index (χ0) is 19.6. The van der Waals surface area contributed by atoms with Gasteiger partial charge in [-0.1, -0.05) is 12.1 Å². The quantitative estimate of drug-likeness (QED) is 0.691. The van der Waals surface area contributed by atoms with Crippen LogP contribution in [-0.4, -0.2) is 37.5 Å². The predicted octanol–water partition coefficient (Wildman–Crippen LogP) is 2.14. The molecule has 2 aromatic carbocycles. The van der Waals surface area contributed by atoms with Gasteiger partial charge in [-0.2, -0.15) is 0 Å². The van der Waals surface area contributed by atoms with Gasteiger partial charge < -0.3 is 20.1 Å². The van der Waals surface area contributed by atoms with Crippen LogP contribution in [0.2, 0.25) is 0 Å². The monoisotopic (exact) mass is 374 g/mol. The van der Waals surface area contributed by atoms with E-state index in [2.05, 4.69) is 10.6 Å². The summed E-state index contributed by atoms with van der Waals surface area (Å²) in [5, 5.41) is 4.86. The van der Waals surface area contributed by atoms with Crippen LogP contribution >= 0.6 is 0 Å². The highest BCUT2D eigenvalue weighted by molar-refractivity contribution is 5.98. The Balaban J connectivity index is 1.76. The molecule has 0 aromatic heterocycles. The van der Waals surface area contributed by atoms with E-state index in [-0.39, 0.29) is 0 Å². The summed E-state index contributed by atoms with van der Waals surface area (Å²) in [5.74, 6) is -1.87. The Morgan fingerprint density at radius 2 is 1.74 bits per heavy atom. The Labute approximate surface area is 155 Å². The van der Waals surface area contributed by atoms with Gasteiger partial charge in [-0.25, -0.2) is 4.39 Å². The Morgan fingerprint density at radius 3 is 2.44 bits per heavy atom. The van der Waals surface area contributed by atoms with E-state index < -0.39 is 36.8 Å². The minimum atomic E-state index is -0.772. The molecule has 2 N–H and O–H groups in total. The van der Waals surface area contributed by atoms with Crippen molar-refractivity contribution >= 4 is 23.5 Å². The van der Waals surface area contributed by atoms with Gasteiger partial charge in [0.15, 0.2) is 6.61 Å². The fourth-order valence-electron chi connectivity index (χ4n) is 2.11. The lowest BCUT2D eigenvalue weighted by atomic mass is 10.2. The summed E-state index contributed by atoms with van der Waals surface area (Å²) in [5.41, 5.74) is 0.666. The van der Waals surface area contributed by atoms with Crippen LogP contribution < -0.4 is 15.4 Å². The Hall–Kier alpha value is -3.42. The summed E-state index contributed by atoms with van der Waals surface area (Å²) in [6, 6.07) is 11.8. The number of para-hydroxylation sites is 1. The summed E-state index contributed by atoms with van der Waals surface area (Å²) >= 11 is 0. The van der Waals surface area contributed by atoms with Crippen molar-refractivity contribution in [3.63, 3.8) is 0 Å². The molecule has 142 valence electrons. The molecule has 0 saturated heterocycles. The summed E-state index contributed by atoms with van der Waals surface area (Å²) < 4.78 is 22.9. The van der Waals surface area contributed by atoms with Crippen LogP contribution in [0, 0.1) is 5.82 Å². The molecule has 0 radical (unpaired) electrons. The second-order valence-electron chi connectivity index (χ2n) is 5.33. The van der Waals surface area contributed by atoms with Crippen LogP contribution in [0.4, 0.5) is 10.1 Å². The van der Waals surface area contributed by atoms with Gasteiger partial charge in [-0.05, 0) is 43.3 Å². The van der Waals surface area contributed by atoms with Gasteiger partial charge >= 0.3 is 5.97 Å². The number of esters is 1. The van der Waals surface area contributed by atoms with Crippen LogP contribution in [0.15, 0.2) is 48.5 Å². The van der Waals surface area contributed by atoms with Crippen molar-refractivity contribution in [3.8, 4) is 5.75 Å². The zero-order valence-electron chi connectivity index (χ0n) is 14.7. The highest BCUT2D eigenvalue weighted by atomic mass is 19.1. The van der Waals surface area contributed by atoms with Gasteiger partial charge in [0, 0.05) is 5.69 Å². The first-order valence-corrected chi connectivity index (χ1v) is 8.20. The zero-order valence-corrected chi connectivity index (χ0v) is 14.7. The first-order valence-electron chi connectivity index (χ1n) is 8.20. The standard InChI is InChI=1S/C19H19FN2O5/c1-2-26-16-6-4-3-5-15(16)19(25)21-11-18(24)27-12-17(23)22-14-9-7-13(20)8-10-14/h3-10H,2,11-12H2,1H3,(H,21,25)(H,22,23). The average molecular weight is 374 g/mol. The van der Waals surface area contributed by atoms with Gasteiger partial charge in [-0.3, -0.25) is 14.4 Å².